The fourth-order valence-corrected chi connectivity index (χ4v) is 3.78. The molecule has 0 bridgehead atoms. The van der Waals surface area contributed by atoms with E-state index in [1.165, 1.54) is 0 Å². The van der Waals surface area contributed by atoms with Gasteiger partial charge in [-0.15, -0.1) is 11.3 Å². The van der Waals surface area contributed by atoms with E-state index in [1.807, 2.05) is 24.3 Å². The molecule has 1 unspecified atom stereocenters. The Labute approximate surface area is 143 Å². The number of benzene rings is 1. The Balaban J connectivity index is 1.43. The topological polar surface area (TPSA) is 71.0 Å². The summed E-state index contributed by atoms with van der Waals surface area (Å²) in [6.45, 7) is 1.52. The van der Waals surface area contributed by atoms with Gasteiger partial charge in [0, 0.05) is 37.1 Å². The first kappa shape index (κ1) is 15.0. The zero-order valence-electron chi connectivity index (χ0n) is 13.1. The molecule has 3 heterocycles. The minimum atomic E-state index is -0.0499. The molecule has 1 N–H and O–H groups in total. The molecule has 3 aromatic rings. The highest BCUT2D eigenvalue weighted by Gasteiger charge is 2.26. The number of carbonyl (C=O) groups excluding carboxylic acids is 1. The van der Waals surface area contributed by atoms with Crippen molar-refractivity contribution in [2.75, 3.05) is 18.0 Å². The second-order valence-corrected chi connectivity index (χ2v) is 6.67. The number of hydrogen-bond donors (Lipinski definition) is 1. The predicted octanol–water partition coefficient (Wildman–Crippen LogP) is 2.49. The van der Waals surface area contributed by atoms with Gasteiger partial charge in [0.1, 0.15) is 0 Å². The molecule has 122 valence electrons. The molecular weight excluding hydrogens is 322 g/mol. The van der Waals surface area contributed by atoms with Gasteiger partial charge in [0.15, 0.2) is 0 Å². The van der Waals surface area contributed by atoms with Gasteiger partial charge in [-0.1, -0.05) is 0 Å². The van der Waals surface area contributed by atoms with Gasteiger partial charge in [-0.25, -0.2) is 15.0 Å². The fourth-order valence-electron chi connectivity index (χ4n) is 3.06. The van der Waals surface area contributed by atoms with E-state index < -0.39 is 0 Å². The van der Waals surface area contributed by atoms with Crippen LogP contribution in [0.15, 0.2) is 42.2 Å². The van der Waals surface area contributed by atoms with Crippen LogP contribution in [0.25, 0.3) is 10.2 Å². The Morgan fingerprint density at radius 1 is 1.29 bits per heavy atom. The largest absolute Gasteiger partial charge is 0.350 e. The second-order valence-electron chi connectivity index (χ2n) is 5.78. The summed E-state index contributed by atoms with van der Waals surface area (Å²) in [5, 5.41) is 3.05. The molecule has 0 spiro atoms. The van der Waals surface area contributed by atoms with Crippen LogP contribution in [0.3, 0.4) is 0 Å². The van der Waals surface area contributed by atoms with Crippen molar-refractivity contribution < 1.29 is 4.79 Å². The molecule has 1 atom stereocenters. The normalized spacial score (nSPS) is 17.3. The molecule has 24 heavy (non-hydrogen) atoms. The summed E-state index contributed by atoms with van der Waals surface area (Å²) in [5.74, 6) is 0.687. The number of fused-ring (bicyclic) bond motifs is 1. The maximum atomic E-state index is 12.4. The lowest BCUT2D eigenvalue weighted by atomic mass is 10.2. The lowest BCUT2D eigenvalue weighted by Crippen LogP contribution is -2.41. The quantitative estimate of drug-likeness (QED) is 0.791. The van der Waals surface area contributed by atoms with E-state index in [9.17, 15) is 4.79 Å². The minimum absolute atomic E-state index is 0.0499. The number of anilines is 1. The van der Waals surface area contributed by atoms with Gasteiger partial charge >= 0.3 is 0 Å². The van der Waals surface area contributed by atoms with Gasteiger partial charge in [0.2, 0.25) is 5.95 Å². The van der Waals surface area contributed by atoms with E-state index in [2.05, 4.69) is 25.2 Å². The van der Waals surface area contributed by atoms with E-state index in [0.29, 0.717) is 12.1 Å². The Kier molecular flexibility index (Phi) is 4.08. The van der Waals surface area contributed by atoms with Crippen molar-refractivity contribution in [3.8, 4) is 0 Å². The fraction of sp³-hybridized carbons (Fsp3) is 0.294. The maximum absolute atomic E-state index is 12.4. The van der Waals surface area contributed by atoms with E-state index in [-0.39, 0.29) is 11.9 Å². The highest BCUT2D eigenvalue weighted by atomic mass is 32.1. The molecule has 0 aliphatic carbocycles. The third-order valence-electron chi connectivity index (χ3n) is 4.28. The molecule has 6 nitrogen and oxygen atoms in total. The van der Waals surface area contributed by atoms with E-state index in [0.717, 1.165) is 35.6 Å². The molecule has 7 heteroatoms. The third-order valence-corrected chi connectivity index (χ3v) is 5.07. The van der Waals surface area contributed by atoms with Crippen LogP contribution in [-0.2, 0) is 0 Å². The molecule has 1 aromatic carbocycles. The zero-order chi connectivity index (χ0) is 16.4. The van der Waals surface area contributed by atoms with Crippen LogP contribution >= 0.6 is 11.3 Å². The molecule has 2 aromatic heterocycles. The Hall–Kier alpha value is -2.54. The van der Waals surface area contributed by atoms with Crippen molar-refractivity contribution in [1.29, 1.82) is 0 Å². The molecule has 0 saturated carbocycles. The van der Waals surface area contributed by atoms with Crippen molar-refractivity contribution in [1.82, 2.24) is 20.3 Å². The second kappa shape index (κ2) is 6.52. The lowest BCUT2D eigenvalue weighted by molar-refractivity contribution is 0.0951. The highest BCUT2D eigenvalue weighted by Crippen LogP contribution is 2.22. The van der Waals surface area contributed by atoms with Gasteiger partial charge in [-0.05, 0) is 37.1 Å². The summed E-state index contributed by atoms with van der Waals surface area (Å²) in [5.41, 5.74) is 3.40. The van der Waals surface area contributed by atoms with Crippen molar-refractivity contribution >= 4 is 33.4 Å². The summed E-state index contributed by atoms with van der Waals surface area (Å²) in [6.07, 6.45) is 5.62. The van der Waals surface area contributed by atoms with Crippen molar-refractivity contribution in [3.05, 3.63) is 47.7 Å². The first-order chi connectivity index (χ1) is 11.8. The summed E-state index contributed by atoms with van der Waals surface area (Å²) >= 11 is 1.54. The van der Waals surface area contributed by atoms with Crippen molar-refractivity contribution in [2.45, 2.75) is 18.9 Å². The van der Waals surface area contributed by atoms with Crippen LogP contribution in [0.2, 0.25) is 0 Å². The van der Waals surface area contributed by atoms with Gasteiger partial charge in [-0.2, -0.15) is 0 Å². The third kappa shape index (κ3) is 2.94. The predicted molar refractivity (Wildman–Crippen MR) is 94.4 cm³/mol. The van der Waals surface area contributed by atoms with Crippen LogP contribution in [0.5, 0.6) is 0 Å². The van der Waals surface area contributed by atoms with E-state index in [4.69, 9.17) is 0 Å². The van der Waals surface area contributed by atoms with E-state index >= 15 is 0 Å². The first-order valence-electron chi connectivity index (χ1n) is 7.96. The Morgan fingerprint density at radius 2 is 2.17 bits per heavy atom. The molecular formula is C17H17N5OS. The molecule has 1 aliphatic heterocycles. The van der Waals surface area contributed by atoms with Gasteiger partial charge in [0.25, 0.3) is 5.91 Å². The summed E-state index contributed by atoms with van der Waals surface area (Å²) in [4.78, 5) is 27.5. The van der Waals surface area contributed by atoms with Crippen LogP contribution < -0.4 is 10.2 Å². The summed E-state index contributed by atoms with van der Waals surface area (Å²) in [6, 6.07) is 7.66. The number of hydrogen-bond acceptors (Lipinski definition) is 6. The number of amides is 1. The van der Waals surface area contributed by atoms with Crippen LogP contribution in [0.1, 0.15) is 23.2 Å². The summed E-state index contributed by atoms with van der Waals surface area (Å²) < 4.78 is 1.03. The van der Waals surface area contributed by atoms with Crippen LogP contribution in [0, 0.1) is 0 Å². The molecule has 1 fully saturated rings. The smallest absolute Gasteiger partial charge is 0.251 e. The number of thiazole rings is 1. The molecule has 1 amide bonds. The number of nitrogens with zero attached hydrogens (tertiary/aromatic N) is 4. The van der Waals surface area contributed by atoms with Gasteiger partial charge in [-0.3, -0.25) is 4.79 Å². The number of aromatic nitrogens is 3. The molecule has 1 aliphatic rings. The maximum Gasteiger partial charge on any atom is 0.251 e. The van der Waals surface area contributed by atoms with E-state index in [1.54, 1.807) is 29.2 Å². The van der Waals surface area contributed by atoms with Crippen molar-refractivity contribution in [3.63, 3.8) is 0 Å². The van der Waals surface area contributed by atoms with Crippen LogP contribution in [0.4, 0.5) is 5.95 Å². The average molecular weight is 339 g/mol. The molecule has 1 saturated heterocycles. The van der Waals surface area contributed by atoms with Crippen molar-refractivity contribution in [2.24, 2.45) is 0 Å². The number of nitrogens with one attached hydrogen (secondary N) is 1. The monoisotopic (exact) mass is 339 g/mol. The molecule has 4 rings (SSSR count). The van der Waals surface area contributed by atoms with Gasteiger partial charge in [0.05, 0.1) is 15.7 Å². The van der Waals surface area contributed by atoms with Gasteiger partial charge < -0.3 is 10.2 Å². The minimum Gasteiger partial charge on any atom is -0.350 e. The highest BCUT2D eigenvalue weighted by molar-refractivity contribution is 7.16. The lowest BCUT2D eigenvalue weighted by Gasteiger charge is -2.24. The summed E-state index contributed by atoms with van der Waals surface area (Å²) in [7, 11) is 0. The SMILES string of the molecule is O=C(NCC1CCCN1c1ncccn1)c1ccc2ncsc2c1. The van der Waals surface area contributed by atoms with Crippen LogP contribution in [-0.4, -0.2) is 40.0 Å². The average Bonchev–Trinajstić information content (AvgIpc) is 3.28. The molecule has 0 radical (unpaired) electrons. The first-order valence-corrected chi connectivity index (χ1v) is 8.84. The zero-order valence-corrected chi connectivity index (χ0v) is 13.9. The number of carbonyl (C=O) groups is 1. The number of rotatable bonds is 4. The standard InChI is InChI=1S/C17H17N5OS/c23-16(12-4-5-14-15(9-12)24-11-21-14)20-10-13-3-1-8-22(13)17-18-6-2-7-19-17/h2,4-7,9,11,13H,1,3,8,10H2,(H,20,23). The Morgan fingerprint density at radius 3 is 3.04 bits per heavy atom. The Bertz CT molecular complexity index is 850.